The molecule has 0 saturated carbocycles. The normalized spacial score (nSPS) is 11.8. The lowest BCUT2D eigenvalue weighted by atomic mass is 9.99. The Morgan fingerprint density at radius 1 is 0.411 bits per heavy atom. The molecule has 3 aromatic heterocycles. The summed E-state index contributed by atoms with van der Waals surface area (Å²) in [7, 11) is 0. The van der Waals surface area contributed by atoms with Crippen molar-refractivity contribution in [2.24, 2.45) is 0 Å². The van der Waals surface area contributed by atoms with Crippen molar-refractivity contribution in [1.82, 2.24) is 19.5 Å². The lowest BCUT2D eigenvalue weighted by Gasteiger charge is -2.17. The van der Waals surface area contributed by atoms with E-state index in [-0.39, 0.29) is 0 Å². The summed E-state index contributed by atoms with van der Waals surface area (Å²) in [5.41, 5.74) is 10.2. The molecular weight excluding hydrogens is 701 g/mol. The van der Waals surface area contributed by atoms with E-state index < -0.39 is 0 Å². The summed E-state index contributed by atoms with van der Waals surface area (Å²) in [5, 5.41) is 4.64. The van der Waals surface area contributed by atoms with Crippen LogP contribution in [0.4, 0.5) is 0 Å². The van der Waals surface area contributed by atoms with Crippen LogP contribution in [0.3, 0.4) is 0 Å². The molecule has 0 aliphatic heterocycles. The number of thiophene rings is 1. The third kappa shape index (κ3) is 5.32. The lowest BCUT2D eigenvalue weighted by molar-refractivity contribution is 1.06. The number of hydrogen-bond acceptors (Lipinski definition) is 4. The van der Waals surface area contributed by atoms with E-state index in [0.717, 1.165) is 66.4 Å². The van der Waals surface area contributed by atoms with Gasteiger partial charge in [-0.05, 0) is 52.6 Å². The number of para-hydroxylation sites is 1. The van der Waals surface area contributed by atoms with E-state index in [1.807, 2.05) is 90.2 Å². The molecule has 0 aliphatic rings. The zero-order chi connectivity index (χ0) is 37.9. The molecule has 4 nitrogen and oxygen atoms in total. The Morgan fingerprint density at radius 2 is 1.02 bits per heavy atom. The van der Waals surface area contributed by atoms with E-state index in [9.17, 15) is 0 Å². The van der Waals surface area contributed by atoms with Gasteiger partial charge >= 0.3 is 0 Å². The Labute approximate surface area is 329 Å². The van der Waals surface area contributed by atoms with Crippen molar-refractivity contribution in [3.63, 3.8) is 0 Å². The monoisotopic (exact) mass is 733 g/mol. The van der Waals surface area contributed by atoms with Crippen molar-refractivity contribution in [2.45, 2.75) is 0 Å². The number of rotatable bonds is 6. The van der Waals surface area contributed by atoms with E-state index >= 15 is 0 Å². The van der Waals surface area contributed by atoms with Crippen molar-refractivity contribution in [2.75, 3.05) is 0 Å². The van der Waals surface area contributed by atoms with Crippen molar-refractivity contribution in [3.8, 4) is 62.1 Å². The lowest BCUT2D eigenvalue weighted by Crippen LogP contribution is -2.04. The van der Waals surface area contributed by atoms with Gasteiger partial charge in [-0.3, -0.25) is 0 Å². The van der Waals surface area contributed by atoms with Crippen molar-refractivity contribution < 1.29 is 1.37 Å². The molecule has 11 rings (SSSR count). The zero-order valence-electron chi connectivity index (χ0n) is 31.1. The molecule has 5 heteroatoms. The van der Waals surface area contributed by atoms with E-state index in [2.05, 4.69) is 114 Å². The number of benzene rings is 8. The zero-order valence-corrected chi connectivity index (χ0v) is 30.9. The van der Waals surface area contributed by atoms with Crippen molar-refractivity contribution in [3.05, 3.63) is 194 Å². The van der Waals surface area contributed by atoms with Crippen LogP contribution in [0.25, 0.3) is 104 Å². The van der Waals surface area contributed by atoms with Gasteiger partial charge in [0.25, 0.3) is 0 Å². The molecule has 0 aliphatic carbocycles. The first-order chi connectivity index (χ1) is 28.2. The molecule has 0 N–H and O–H groups in total. The molecule has 56 heavy (non-hydrogen) atoms. The topological polar surface area (TPSA) is 43.6 Å². The number of nitrogens with zero attached hydrogens (tertiary/aromatic N) is 4. The quantitative estimate of drug-likeness (QED) is 0.171. The van der Waals surface area contributed by atoms with Crippen LogP contribution in [0.5, 0.6) is 0 Å². The van der Waals surface area contributed by atoms with Gasteiger partial charge in [0, 0.05) is 47.6 Å². The highest BCUT2D eigenvalue weighted by Gasteiger charge is 2.22. The molecule has 3 heterocycles. The van der Waals surface area contributed by atoms with Crippen LogP contribution in [0, 0.1) is 0 Å². The van der Waals surface area contributed by atoms with E-state index in [4.69, 9.17) is 16.3 Å². The van der Waals surface area contributed by atoms with Gasteiger partial charge < -0.3 is 4.57 Å². The molecule has 8 aromatic carbocycles. The standard InChI is InChI=1S/C51H32N4S/c1-4-16-33(17-5-1)37-24-15-28-45-47(37)41-23-10-12-27-43(41)55(45)44-31-30-36(38-25-14-26-40-39-22-11-13-29-46(39)56-48(38)40)32-42(44)51-53-49(34-18-6-2-7-19-34)52-50(54-51)35-20-8-3-9-21-35/h1-32H/i10D. The van der Waals surface area contributed by atoms with Crippen LogP contribution in [-0.4, -0.2) is 19.5 Å². The molecule has 0 bridgehead atoms. The summed E-state index contributed by atoms with van der Waals surface area (Å²) in [6.07, 6.45) is 0. The molecular formula is C51H32N4S. The minimum atomic E-state index is 0.467. The van der Waals surface area contributed by atoms with Crippen molar-refractivity contribution in [1.29, 1.82) is 0 Å². The van der Waals surface area contributed by atoms with Gasteiger partial charge in [-0.2, -0.15) is 0 Å². The van der Waals surface area contributed by atoms with Crippen molar-refractivity contribution >= 4 is 53.3 Å². The number of aromatic nitrogens is 4. The van der Waals surface area contributed by atoms with Gasteiger partial charge in [0.05, 0.1) is 18.1 Å². The minimum absolute atomic E-state index is 0.467. The Bertz CT molecular complexity index is 3240. The summed E-state index contributed by atoms with van der Waals surface area (Å²) >= 11 is 1.83. The summed E-state index contributed by atoms with van der Waals surface area (Å²) in [6, 6.07) is 65.6. The van der Waals surface area contributed by atoms with Crippen LogP contribution in [0.15, 0.2) is 194 Å². The number of fused-ring (bicyclic) bond motifs is 6. The molecule has 0 amide bonds. The largest absolute Gasteiger partial charge is 0.308 e. The molecule has 262 valence electrons. The average Bonchev–Trinajstić information content (AvgIpc) is 3.82. The highest BCUT2D eigenvalue weighted by Crippen LogP contribution is 2.44. The predicted octanol–water partition coefficient (Wildman–Crippen LogP) is 13.7. The SMILES string of the molecule is [2H]c1ccc2c(c1)c1c(-c3ccccc3)cccc1n2-c1ccc(-c2cccc3c2sc2ccccc23)cc1-c1nc(-c2ccccc2)nc(-c2ccccc2)n1. The third-order valence-electron chi connectivity index (χ3n) is 10.6. The van der Waals surface area contributed by atoms with Gasteiger partial charge in [-0.15, -0.1) is 11.3 Å². The second kappa shape index (κ2) is 13.3. The Morgan fingerprint density at radius 3 is 1.77 bits per heavy atom. The number of hydrogen-bond donors (Lipinski definition) is 0. The Balaban J connectivity index is 1.24. The average molecular weight is 734 g/mol. The Hall–Kier alpha value is -7.21. The van der Waals surface area contributed by atoms with Gasteiger partial charge in [0.2, 0.25) is 0 Å². The maximum Gasteiger partial charge on any atom is 0.166 e. The van der Waals surface area contributed by atoms with Gasteiger partial charge in [0.1, 0.15) is 0 Å². The maximum atomic E-state index is 8.72. The second-order valence-corrected chi connectivity index (χ2v) is 14.9. The van der Waals surface area contributed by atoms with Crippen LogP contribution < -0.4 is 0 Å². The molecule has 0 unspecified atom stereocenters. The summed E-state index contributed by atoms with van der Waals surface area (Å²) in [4.78, 5) is 15.6. The maximum absolute atomic E-state index is 8.72. The fourth-order valence-electron chi connectivity index (χ4n) is 8.06. The molecule has 0 spiro atoms. The van der Waals surface area contributed by atoms with Crippen LogP contribution in [0.1, 0.15) is 1.37 Å². The summed E-state index contributed by atoms with van der Waals surface area (Å²) in [6.45, 7) is 0. The fourth-order valence-corrected chi connectivity index (χ4v) is 9.29. The minimum Gasteiger partial charge on any atom is -0.308 e. The second-order valence-electron chi connectivity index (χ2n) is 13.9. The first kappa shape index (κ1) is 31.2. The van der Waals surface area contributed by atoms with E-state index in [1.165, 1.54) is 20.2 Å². The molecule has 0 atom stereocenters. The predicted molar refractivity (Wildman–Crippen MR) is 234 cm³/mol. The Kier molecular flexibility index (Phi) is 7.39. The van der Waals surface area contributed by atoms with Crippen LogP contribution in [-0.2, 0) is 0 Å². The molecule has 0 fully saturated rings. The highest BCUT2D eigenvalue weighted by molar-refractivity contribution is 7.26. The summed E-state index contributed by atoms with van der Waals surface area (Å²) in [5.74, 6) is 1.79. The smallest absolute Gasteiger partial charge is 0.166 e. The van der Waals surface area contributed by atoms with Gasteiger partial charge in [0.15, 0.2) is 17.5 Å². The molecule has 0 saturated heterocycles. The first-order valence-corrected chi connectivity index (χ1v) is 19.5. The fraction of sp³-hybridized carbons (Fsp3) is 0. The summed E-state index contributed by atoms with van der Waals surface area (Å²) < 4.78 is 13.6. The molecule has 11 aromatic rings. The van der Waals surface area contributed by atoms with E-state index in [1.54, 1.807) is 0 Å². The van der Waals surface area contributed by atoms with E-state index in [0.29, 0.717) is 23.5 Å². The third-order valence-corrected chi connectivity index (χ3v) is 11.8. The van der Waals surface area contributed by atoms with Crippen LogP contribution >= 0.6 is 11.3 Å². The highest BCUT2D eigenvalue weighted by atomic mass is 32.1. The van der Waals surface area contributed by atoms with Gasteiger partial charge in [-0.25, -0.2) is 15.0 Å². The van der Waals surface area contributed by atoms with Crippen LogP contribution in [0.2, 0.25) is 0 Å². The van der Waals surface area contributed by atoms with Gasteiger partial charge in [-0.1, -0.05) is 164 Å². The molecule has 0 radical (unpaired) electrons. The first-order valence-electron chi connectivity index (χ1n) is 19.2.